The molecule has 110 valence electrons. The predicted molar refractivity (Wildman–Crippen MR) is 80.6 cm³/mol. The molecule has 0 N–H and O–H groups in total. The number of aryl methyl sites for hydroxylation is 1. The van der Waals surface area contributed by atoms with Gasteiger partial charge in [-0.15, -0.1) is 0 Å². The Balaban J connectivity index is 1.74. The number of thioether (sulfide) groups is 1. The number of nitrogens with zero attached hydrogens (tertiary/aromatic N) is 4. The Labute approximate surface area is 127 Å². The highest BCUT2D eigenvalue weighted by Gasteiger charge is 2.19. The highest BCUT2D eigenvalue weighted by atomic mass is 32.2. The Bertz CT molecular complexity index is 662. The Morgan fingerprint density at radius 3 is 2.95 bits per heavy atom. The fourth-order valence-electron chi connectivity index (χ4n) is 2.56. The zero-order valence-corrected chi connectivity index (χ0v) is 13.0. The van der Waals surface area contributed by atoms with Crippen molar-refractivity contribution in [2.45, 2.75) is 31.6 Å². The first-order valence-corrected chi connectivity index (χ1v) is 8.11. The van der Waals surface area contributed by atoms with Crippen molar-refractivity contribution in [3.05, 3.63) is 46.8 Å². The van der Waals surface area contributed by atoms with E-state index in [1.165, 1.54) is 11.6 Å². The van der Waals surface area contributed by atoms with Crippen LogP contribution in [0.25, 0.3) is 0 Å². The first-order chi connectivity index (χ1) is 10.2. The standard InChI is InChI=1S/C15H17FN4S/c1-10-11(3-4-14(16)18-10)8-20-6-5-13-12(9-20)7-17-15(19-13)21-2/h3-4,7H,5-6,8-9H2,1-2H3. The number of hydrogen-bond donors (Lipinski definition) is 0. The van der Waals surface area contributed by atoms with Gasteiger partial charge in [-0.3, -0.25) is 4.90 Å². The molecule has 3 rings (SSSR count). The molecular formula is C15H17FN4S. The second-order valence-electron chi connectivity index (χ2n) is 5.17. The first kappa shape index (κ1) is 14.4. The smallest absolute Gasteiger partial charge is 0.213 e. The van der Waals surface area contributed by atoms with Crippen molar-refractivity contribution < 1.29 is 4.39 Å². The van der Waals surface area contributed by atoms with Crippen LogP contribution in [0, 0.1) is 12.9 Å². The second kappa shape index (κ2) is 6.07. The fourth-order valence-corrected chi connectivity index (χ4v) is 2.92. The number of hydrogen-bond acceptors (Lipinski definition) is 5. The molecule has 4 nitrogen and oxygen atoms in total. The molecule has 0 saturated carbocycles. The number of rotatable bonds is 3. The largest absolute Gasteiger partial charge is 0.294 e. The van der Waals surface area contributed by atoms with Crippen LogP contribution in [0.3, 0.4) is 0 Å². The minimum Gasteiger partial charge on any atom is -0.294 e. The molecule has 2 aromatic heterocycles. The van der Waals surface area contributed by atoms with E-state index in [-0.39, 0.29) is 0 Å². The maximum atomic E-state index is 13.1. The molecule has 6 heteroatoms. The van der Waals surface area contributed by atoms with Crippen molar-refractivity contribution in [2.24, 2.45) is 0 Å². The van der Waals surface area contributed by atoms with Crippen molar-refractivity contribution >= 4 is 11.8 Å². The SMILES string of the molecule is CSc1ncc2c(n1)CCN(Cc1ccc(F)nc1C)C2. The molecule has 0 unspecified atom stereocenters. The van der Waals surface area contributed by atoms with Gasteiger partial charge in [-0.25, -0.2) is 15.0 Å². The van der Waals surface area contributed by atoms with Gasteiger partial charge in [0.15, 0.2) is 5.16 Å². The van der Waals surface area contributed by atoms with Gasteiger partial charge >= 0.3 is 0 Å². The van der Waals surface area contributed by atoms with Gasteiger partial charge in [-0.1, -0.05) is 17.8 Å². The van der Waals surface area contributed by atoms with Gasteiger partial charge in [0, 0.05) is 43.5 Å². The zero-order chi connectivity index (χ0) is 14.8. The van der Waals surface area contributed by atoms with Gasteiger partial charge in [0.2, 0.25) is 5.95 Å². The van der Waals surface area contributed by atoms with Crippen molar-refractivity contribution in [1.82, 2.24) is 19.9 Å². The lowest BCUT2D eigenvalue weighted by molar-refractivity contribution is 0.241. The highest BCUT2D eigenvalue weighted by molar-refractivity contribution is 7.98. The van der Waals surface area contributed by atoms with Gasteiger partial charge in [0.05, 0.1) is 5.69 Å². The Morgan fingerprint density at radius 2 is 2.19 bits per heavy atom. The summed E-state index contributed by atoms with van der Waals surface area (Å²) in [5.41, 5.74) is 4.17. The van der Waals surface area contributed by atoms with E-state index >= 15 is 0 Å². The average Bonchev–Trinajstić information content (AvgIpc) is 2.49. The quantitative estimate of drug-likeness (QED) is 0.495. The summed E-state index contributed by atoms with van der Waals surface area (Å²) in [5.74, 6) is -0.418. The van der Waals surface area contributed by atoms with Crippen molar-refractivity contribution in [2.75, 3.05) is 12.8 Å². The van der Waals surface area contributed by atoms with E-state index in [1.54, 1.807) is 11.8 Å². The van der Waals surface area contributed by atoms with Gasteiger partial charge in [-0.2, -0.15) is 4.39 Å². The van der Waals surface area contributed by atoms with Crippen LogP contribution in [-0.4, -0.2) is 32.7 Å². The molecule has 0 atom stereocenters. The summed E-state index contributed by atoms with van der Waals surface area (Å²) in [6.45, 7) is 4.42. The molecule has 0 spiro atoms. The lowest BCUT2D eigenvalue weighted by Gasteiger charge is -2.28. The van der Waals surface area contributed by atoms with Crippen LogP contribution in [-0.2, 0) is 19.5 Å². The van der Waals surface area contributed by atoms with Crippen LogP contribution in [0.4, 0.5) is 4.39 Å². The third-order valence-electron chi connectivity index (χ3n) is 3.73. The van der Waals surface area contributed by atoms with Crippen molar-refractivity contribution in [3.8, 4) is 0 Å². The number of pyridine rings is 1. The normalized spacial score (nSPS) is 15.0. The van der Waals surface area contributed by atoms with Crippen molar-refractivity contribution in [3.63, 3.8) is 0 Å². The summed E-state index contributed by atoms with van der Waals surface area (Å²) in [6.07, 6.45) is 4.84. The minimum atomic E-state index is -0.418. The summed E-state index contributed by atoms with van der Waals surface area (Å²) < 4.78 is 13.1. The Kier molecular flexibility index (Phi) is 4.17. The van der Waals surface area contributed by atoms with Crippen molar-refractivity contribution in [1.29, 1.82) is 0 Å². The van der Waals surface area contributed by atoms with Crippen LogP contribution in [0.5, 0.6) is 0 Å². The van der Waals surface area contributed by atoms with Crippen LogP contribution in [0.1, 0.15) is 22.5 Å². The zero-order valence-electron chi connectivity index (χ0n) is 12.1. The molecule has 2 aromatic rings. The van der Waals surface area contributed by atoms with Crippen LogP contribution < -0.4 is 0 Å². The third-order valence-corrected chi connectivity index (χ3v) is 4.29. The molecule has 0 bridgehead atoms. The number of aromatic nitrogens is 3. The molecule has 1 aliphatic heterocycles. The summed E-state index contributed by atoms with van der Waals surface area (Å²) in [4.78, 5) is 15.1. The lowest BCUT2D eigenvalue weighted by atomic mass is 10.1. The van der Waals surface area contributed by atoms with Gasteiger partial charge in [0.25, 0.3) is 0 Å². The van der Waals surface area contributed by atoms with Gasteiger partial charge < -0.3 is 0 Å². The molecule has 3 heterocycles. The van der Waals surface area contributed by atoms with E-state index in [0.29, 0.717) is 0 Å². The predicted octanol–water partition coefficient (Wildman–Crippen LogP) is 2.60. The third kappa shape index (κ3) is 3.22. The summed E-state index contributed by atoms with van der Waals surface area (Å²) in [7, 11) is 0. The lowest BCUT2D eigenvalue weighted by Crippen LogP contribution is -2.31. The number of fused-ring (bicyclic) bond motifs is 1. The molecule has 0 fully saturated rings. The maximum Gasteiger partial charge on any atom is 0.213 e. The molecule has 21 heavy (non-hydrogen) atoms. The molecule has 0 saturated heterocycles. The molecule has 0 aromatic carbocycles. The highest BCUT2D eigenvalue weighted by Crippen LogP contribution is 2.21. The monoisotopic (exact) mass is 304 g/mol. The molecule has 0 aliphatic carbocycles. The Hall–Kier alpha value is -1.53. The van der Waals surface area contributed by atoms with E-state index in [9.17, 15) is 4.39 Å². The van der Waals surface area contributed by atoms with Crippen LogP contribution >= 0.6 is 11.8 Å². The minimum absolute atomic E-state index is 0.418. The maximum absolute atomic E-state index is 13.1. The van der Waals surface area contributed by atoms with E-state index in [4.69, 9.17) is 0 Å². The molecule has 0 radical (unpaired) electrons. The van der Waals surface area contributed by atoms with Crippen LogP contribution in [0.2, 0.25) is 0 Å². The molecule has 1 aliphatic rings. The second-order valence-corrected chi connectivity index (χ2v) is 5.94. The summed E-state index contributed by atoms with van der Waals surface area (Å²) in [5, 5.41) is 0.834. The topological polar surface area (TPSA) is 41.9 Å². The Morgan fingerprint density at radius 1 is 1.33 bits per heavy atom. The van der Waals surface area contributed by atoms with E-state index in [0.717, 1.165) is 48.2 Å². The molecule has 0 amide bonds. The molecular weight excluding hydrogens is 287 g/mol. The number of halogens is 1. The van der Waals surface area contributed by atoms with Crippen LogP contribution in [0.15, 0.2) is 23.5 Å². The first-order valence-electron chi connectivity index (χ1n) is 6.89. The summed E-state index contributed by atoms with van der Waals surface area (Å²) in [6, 6.07) is 3.24. The van der Waals surface area contributed by atoms with E-state index in [2.05, 4.69) is 19.9 Å². The van der Waals surface area contributed by atoms with Gasteiger partial charge in [0.1, 0.15) is 0 Å². The van der Waals surface area contributed by atoms with E-state index < -0.39 is 5.95 Å². The fraction of sp³-hybridized carbons (Fsp3) is 0.400. The van der Waals surface area contributed by atoms with E-state index in [1.807, 2.05) is 25.4 Å². The summed E-state index contributed by atoms with van der Waals surface area (Å²) >= 11 is 1.57. The average molecular weight is 304 g/mol. The van der Waals surface area contributed by atoms with Gasteiger partial charge in [-0.05, 0) is 24.8 Å².